The van der Waals surface area contributed by atoms with Crippen LogP contribution in [-0.2, 0) is 58.6 Å². The summed E-state index contributed by atoms with van der Waals surface area (Å²) in [5, 5.41) is 11.7. The second-order valence-electron chi connectivity index (χ2n) is 17.6. The lowest BCUT2D eigenvalue weighted by Gasteiger charge is -2.35. The van der Waals surface area contributed by atoms with E-state index in [-0.39, 0.29) is 53.9 Å². The first kappa shape index (κ1) is 40.8. The van der Waals surface area contributed by atoms with E-state index in [4.69, 9.17) is 5.10 Å². The van der Waals surface area contributed by atoms with E-state index >= 15 is 0 Å². The smallest absolute Gasteiger partial charge is 0.264 e. The van der Waals surface area contributed by atoms with Crippen molar-refractivity contribution in [1.29, 1.82) is 0 Å². The van der Waals surface area contributed by atoms with Gasteiger partial charge in [-0.2, -0.15) is 10.2 Å². The quantitative estimate of drug-likeness (QED) is 0.270. The number of halogens is 2. The minimum Gasteiger partial charge on any atom is -0.338 e. The lowest BCUT2D eigenvalue weighted by atomic mass is 9.92. The topological polar surface area (TPSA) is 166 Å². The van der Waals surface area contributed by atoms with Crippen LogP contribution < -0.4 is 10.2 Å². The number of anilines is 2. The third-order valence-electron chi connectivity index (χ3n) is 13.8. The lowest BCUT2D eigenvalue weighted by molar-refractivity contribution is -0.136. The molecule has 1 N–H and O–H groups in total. The summed E-state index contributed by atoms with van der Waals surface area (Å²) in [6.45, 7) is 5.41. The van der Waals surface area contributed by atoms with Crippen molar-refractivity contribution in [1.82, 2.24) is 44.5 Å². The van der Waals surface area contributed by atoms with E-state index in [0.29, 0.717) is 81.3 Å². The maximum Gasteiger partial charge on any atom is 0.264 e. The van der Waals surface area contributed by atoms with Crippen LogP contribution in [0.25, 0.3) is 11.1 Å². The highest BCUT2D eigenvalue weighted by atomic mass is 19.3. The summed E-state index contributed by atoms with van der Waals surface area (Å²) >= 11 is 0. The van der Waals surface area contributed by atoms with Crippen LogP contribution >= 0.6 is 0 Å². The maximum absolute atomic E-state index is 14.7. The molecular weight excluding hydrogens is 815 g/mol. The van der Waals surface area contributed by atoms with Crippen molar-refractivity contribution in [3.8, 4) is 11.1 Å². The first-order valence-electron chi connectivity index (χ1n) is 21.8. The number of carbonyl (C=O) groups is 6. The van der Waals surface area contributed by atoms with E-state index in [1.165, 1.54) is 0 Å². The number of carbonyl (C=O) groups excluding carboxylic acids is 6. The summed E-state index contributed by atoms with van der Waals surface area (Å²) in [4.78, 5) is 86.3. The molecule has 0 bridgehead atoms. The van der Waals surface area contributed by atoms with Crippen LogP contribution in [0.5, 0.6) is 0 Å². The maximum atomic E-state index is 14.7. The van der Waals surface area contributed by atoms with Crippen LogP contribution in [0.1, 0.15) is 106 Å². The van der Waals surface area contributed by atoms with Gasteiger partial charge in [0.1, 0.15) is 6.04 Å². The Balaban J connectivity index is 0.839. The van der Waals surface area contributed by atoms with Gasteiger partial charge in [-0.3, -0.25) is 53.2 Å². The molecule has 0 aliphatic carbocycles. The molecule has 2 saturated heterocycles. The van der Waals surface area contributed by atoms with Crippen molar-refractivity contribution in [3.05, 3.63) is 81.3 Å². The van der Waals surface area contributed by atoms with Crippen LogP contribution in [0.3, 0.4) is 0 Å². The van der Waals surface area contributed by atoms with Gasteiger partial charge in [-0.15, -0.1) is 0 Å². The molecule has 0 spiro atoms. The molecule has 6 aliphatic heterocycles. The Hall–Kier alpha value is -6.30. The van der Waals surface area contributed by atoms with E-state index < -0.39 is 36.1 Å². The number of imide groups is 2. The number of benzene rings is 2. The number of hydrogen-bond donors (Lipinski definition) is 1. The average molecular weight is 863 g/mol. The number of nitrogens with zero attached hydrogens (tertiary/aromatic N) is 9. The zero-order valence-corrected chi connectivity index (χ0v) is 35.2. The molecule has 16 nitrogen and oxygen atoms in total. The fraction of sp³-hybridized carbons (Fsp3) is 0.467. The predicted octanol–water partition coefficient (Wildman–Crippen LogP) is 3.83. The SMILES string of the molecule is CC(=O)N1CCc2c(c(N3CCCc4cc(-c5cnn(C)c5)c(C(F)F)cc43)nn2C2CCN(CC(=O)N3CCc4cc5c(cc4C3)C(=O)N(C3CCC(=O)NC3=O)C5=O)CC2)C1. The highest BCUT2D eigenvalue weighted by Gasteiger charge is 2.45. The Morgan fingerprint density at radius 3 is 2.25 bits per heavy atom. The van der Waals surface area contributed by atoms with Gasteiger partial charge in [-0.1, -0.05) is 0 Å². The molecule has 2 aromatic heterocycles. The van der Waals surface area contributed by atoms with Gasteiger partial charge in [-0.05, 0) is 85.0 Å². The van der Waals surface area contributed by atoms with Crippen molar-refractivity contribution in [2.24, 2.45) is 7.05 Å². The molecule has 0 radical (unpaired) electrons. The number of rotatable bonds is 7. The number of alkyl halides is 2. The van der Waals surface area contributed by atoms with Gasteiger partial charge < -0.3 is 14.7 Å². The number of amides is 6. The molecule has 2 aromatic carbocycles. The standard InChI is InChI=1S/C45H48F2N10O6/c1-25(58)53-15-10-36-35(23-53)42(55-11-3-4-27-17-31(29-20-48-51(2)21-29)32(41(46)47)19-38(27)55)50-57(36)30-8-12-52(13-9-30)24-40(60)54-14-7-26-16-33-34(18-28(26)22-54)45(63)56(44(33)62)37-5-6-39(59)49-43(37)61/h16-21,30,37,41H,3-15,22-24H2,1-2H3,(H,49,59,61). The number of hydrogen-bond acceptors (Lipinski definition) is 10. The summed E-state index contributed by atoms with van der Waals surface area (Å²) in [7, 11) is 1.76. The van der Waals surface area contributed by atoms with Crippen LogP contribution in [0.15, 0.2) is 36.7 Å². The van der Waals surface area contributed by atoms with Crippen LogP contribution in [-0.4, -0.2) is 120 Å². The van der Waals surface area contributed by atoms with Gasteiger partial charge in [0, 0.05) is 100 Å². The second kappa shape index (κ2) is 15.8. The summed E-state index contributed by atoms with van der Waals surface area (Å²) < 4.78 is 33.2. The van der Waals surface area contributed by atoms with Crippen molar-refractivity contribution < 1.29 is 37.5 Å². The van der Waals surface area contributed by atoms with Crippen molar-refractivity contribution in [2.75, 3.05) is 44.2 Å². The van der Waals surface area contributed by atoms with E-state index in [9.17, 15) is 37.5 Å². The Kier molecular flexibility index (Phi) is 10.2. The molecule has 6 aliphatic rings. The molecule has 1 unspecified atom stereocenters. The largest absolute Gasteiger partial charge is 0.338 e. The highest BCUT2D eigenvalue weighted by Crippen LogP contribution is 2.44. The Labute approximate surface area is 361 Å². The monoisotopic (exact) mass is 862 g/mol. The normalized spacial score (nSPS) is 20.6. The summed E-state index contributed by atoms with van der Waals surface area (Å²) in [6, 6.07) is 5.87. The summed E-state index contributed by atoms with van der Waals surface area (Å²) in [6.07, 6.45) is 4.95. The van der Waals surface area contributed by atoms with Gasteiger partial charge in [-0.25, -0.2) is 8.78 Å². The number of likely N-dealkylation sites (tertiary alicyclic amines) is 1. The minimum absolute atomic E-state index is 0.0291. The van der Waals surface area contributed by atoms with Crippen LogP contribution in [0.4, 0.5) is 20.3 Å². The van der Waals surface area contributed by atoms with Crippen LogP contribution in [0.2, 0.25) is 0 Å². The van der Waals surface area contributed by atoms with Gasteiger partial charge >= 0.3 is 0 Å². The molecule has 18 heteroatoms. The molecule has 0 saturated carbocycles. The van der Waals surface area contributed by atoms with E-state index in [1.807, 2.05) is 11.0 Å². The third-order valence-corrected chi connectivity index (χ3v) is 13.8. The van der Waals surface area contributed by atoms with Crippen molar-refractivity contribution in [2.45, 2.75) is 89.9 Å². The Morgan fingerprint density at radius 2 is 1.56 bits per heavy atom. The fourth-order valence-electron chi connectivity index (χ4n) is 10.4. The first-order chi connectivity index (χ1) is 30.3. The first-order valence-corrected chi connectivity index (χ1v) is 21.8. The number of nitrogens with one attached hydrogen (secondary N) is 1. The van der Waals surface area contributed by atoms with Gasteiger partial charge in [0.05, 0.1) is 36.5 Å². The summed E-state index contributed by atoms with van der Waals surface area (Å²) in [5.41, 5.74) is 6.86. The average Bonchev–Trinajstić information content (AvgIpc) is 3.95. The molecule has 1 atom stereocenters. The van der Waals surface area contributed by atoms with E-state index in [1.54, 1.807) is 54.1 Å². The lowest BCUT2D eigenvalue weighted by Crippen LogP contribution is -2.54. The molecule has 63 heavy (non-hydrogen) atoms. The Bertz CT molecular complexity index is 2610. The Morgan fingerprint density at radius 1 is 0.825 bits per heavy atom. The number of fused-ring (bicyclic) bond motifs is 4. The molecule has 8 heterocycles. The molecule has 328 valence electrons. The second-order valence-corrected chi connectivity index (χ2v) is 17.6. The molecular formula is C45H48F2N10O6. The van der Waals surface area contributed by atoms with Crippen molar-refractivity contribution >= 4 is 46.9 Å². The number of aromatic nitrogens is 4. The van der Waals surface area contributed by atoms with E-state index in [0.717, 1.165) is 58.5 Å². The van der Waals surface area contributed by atoms with Gasteiger partial charge in [0.25, 0.3) is 18.2 Å². The molecule has 4 aromatic rings. The molecule has 6 amide bonds. The minimum atomic E-state index is -2.70. The van der Waals surface area contributed by atoms with Gasteiger partial charge in [0.2, 0.25) is 23.6 Å². The van der Waals surface area contributed by atoms with Crippen molar-refractivity contribution in [3.63, 3.8) is 0 Å². The predicted molar refractivity (Wildman–Crippen MR) is 223 cm³/mol. The zero-order valence-electron chi connectivity index (χ0n) is 35.2. The van der Waals surface area contributed by atoms with Gasteiger partial charge in [0.15, 0.2) is 5.82 Å². The highest BCUT2D eigenvalue weighted by molar-refractivity contribution is 6.23. The van der Waals surface area contributed by atoms with E-state index in [2.05, 4.69) is 24.9 Å². The molecule has 10 rings (SSSR count). The number of piperidine rings is 2. The third kappa shape index (κ3) is 7.17. The summed E-state index contributed by atoms with van der Waals surface area (Å²) in [5.74, 6) is -1.57. The fourth-order valence-corrected chi connectivity index (χ4v) is 10.4. The molecule has 2 fully saturated rings. The number of aryl methyl sites for hydroxylation is 2. The zero-order chi connectivity index (χ0) is 43.8. The van der Waals surface area contributed by atoms with Crippen LogP contribution in [0, 0.1) is 0 Å².